The molecule has 34 heavy (non-hydrogen) atoms. The molecule has 1 atom stereocenters. The molecule has 0 aliphatic carbocycles. The van der Waals surface area contributed by atoms with Gasteiger partial charge in [0.2, 0.25) is 0 Å². The molecule has 0 radical (unpaired) electrons. The number of aryl methyl sites for hydroxylation is 1. The molecule has 174 valence electrons. The Hall–Kier alpha value is -3.67. The van der Waals surface area contributed by atoms with Crippen LogP contribution in [0.25, 0.3) is 27.1 Å². The van der Waals surface area contributed by atoms with Crippen LogP contribution in [0.4, 0.5) is 0 Å². The lowest BCUT2D eigenvalue weighted by atomic mass is 10.1. The number of thiazole rings is 1. The molecule has 1 N–H and O–H groups in total. The van der Waals surface area contributed by atoms with Gasteiger partial charge in [-0.3, -0.25) is 4.79 Å². The first-order valence-corrected chi connectivity index (χ1v) is 11.7. The number of nitriles is 1. The lowest BCUT2D eigenvalue weighted by Crippen LogP contribution is -2.23. The van der Waals surface area contributed by atoms with Gasteiger partial charge in [-0.1, -0.05) is 12.1 Å². The third-order valence-corrected chi connectivity index (χ3v) is 6.68. The number of ether oxygens (including phenoxy) is 1. The van der Waals surface area contributed by atoms with E-state index in [4.69, 9.17) is 9.15 Å². The molecular formula is C26H26N4O3S. The highest BCUT2D eigenvalue weighted by Crippen LogP contribution is 2.31. The van der Waals surface area contributed by atoms with Crippen molar-refractivity contribution in [3.05, 3.63) is 70.7 Å². The molecule has 4 aromatic rings. The van der Waals surface area contributed by atoms with E-state index in [1.807, 2.05) is 62.4 Å². The number of nitrogens with zero attached hydrogens (tertiary/aromatic N) is 3. The molecule has 0 spiro atoms. The molecule has 0 bridgehead atoms. The van der Waals surface area contributed by atoms with Gasteiger partial charge in [0.05, 0.1) is 29.4 Å². The second-order valence-electron chi connectivity index (χ2n) is 8.11. The van der Waals surface area contributed by atoms with Gasteiger partial charge in [0.1, 0.15) is 17.4 Å². The molecule has 1 aromatic carbocycles. The van der Waals surface area contributed by atoms with Crippen molar-refractivity contribution in [2.24, 2.45) is 0 Å². The van der Waals surface area contributed by atoms with Crippen LogP contribution >= 0.6 is 11.3 Å². The summed E-state index contributed by atoms with van der Waals surface area (Å²) in [4.78, 5) is 17.3. The number of carbonyl (C=O) groups excluding carboxylic acids is 1. The van der Waals surface area contributed by atoms with E-state index in [0.29, 0.717) is 18.1 Å². The third kappa shape index (κ3) is 4.81. The van der Waals surface area contributed by atoms with Crippen LogP contribution in [0, 0.1) is 25.2 Å². The summed E-state index contributed by atoms with van der Waals surface area (Å²) in [7, 11) is 1.67. The zero-order chi connectivity index (χ0) is 24.2. The Morgan fingerprint density at radius 2 is 2.12 bits per heavy atom. The van der Waals surface area contributed by atoms with Crippen LogP contribution in [0.3, 0.4) is 0 Å². The molecule has 0 saturated heterocycles. The number of hydrogen-bond acceptors (Lipinski definition) is 6. The lowest BCUT2D eigenvalue weighted by Gasteiger charge is -2.17. The maximum atomic E-state index is 12.7. The first-order chi connectivity index (χ1) is 16.4. The molecule has 8 heteroatoms. The summed E-state index contributed by atoms with van der Waals surface area (Å²) in [6, 6.07) is 15.7. The third-order valence-electron chi connectivity index (χ3n) is 5.63. The highest BCUT2D eigenvalue weighted by atomic mass is 32.1. The van der Waals surface area contributed by atoms with Gasteiger partial charge in [0.25, 0.3) is 5.91 Å². The number of methoxy groups -OCH3 is 1. The van der Waals surface area contributed by atoms with Crippen LogP contribution in [0.1, 0.15) is 35.7 Å². The molecule has 3 aromatic heterocycles. The molecule has 1 amide bonds. The Morgan fingerprint density at radius 1 is 1.32 bits per heavy atom. The number of amides is 1. The Labute approximate surface area is 202 Å². The number of furan rings is 1. The van der Waals surface area contributed by atoms with Crippen LogP contribution in [0.15, 0.2) is 52.5 Å². The van der Waals surface area contributed by atoms with E-state index in [0.717, 1.165) is 32.2 Å². The standard InChI is InChI=1S/C26H26N4O3S/c1-16-11-19(18(3)30(16)17(2)15-32-4)12-20(13-27)25(31)28-14-21-9-10-23(33-21)26-29-22-7-5-6-8-24(22)34-26/h5-12,17H,14-15H2,1-4H3,(H,28,31)/b20-12-. The average Bonchev–Trinajstić information content (AvgIpc) is 3.53. The summed E-state index contributed by atoms with van der Waals surface area (Å²) in [5, 5.41) is 13.2. The van der Waals surface area contributed by atoms with Crippen molar-refractivity contribution < 1.29 is 13.9 Å². The number of rotatable bonds is 8. The molecule has 0 aliphatic rings. The summed E-state index contributed by atoms with van der Waals surface area (Å²) in [6.07, 6.45) is 1.63. The molecule has 7 nitrogen and oxygen atoms in total. The zero-order valence-electron chi connectivity index (χ0n) is 19.6. The van der Waals surface area contributed by atoms with Crippen LogP contribution in [0.2, 0.25) is 0 Å². The van der Waals surface area contributed by atoms with Gasteiger partial charge in [-0.15, -0.1) is 11.3 Å². The first kappa shape index (κ1) is 23.5. The monoisotopic (exact) mass is 474 g/mol. The summed E-state index contributed by atoms with van der Waals surface area (Å²) in [5.41, 5.74) is 3.83. The Kier molecular flexibility index (Phi) is 6.96. The minimum atomic E-state index is -0.449. The number of para-hydroxylation sites is 1. The van der Waals surface area contributed by atoms with Crippen molar-refractivity contribution in [2.45, 2.75) is 33.4 Å². The van der Waals surface area contributed by atoms with E-state index < -0.39 is 5.91 Å². The van der Waals surface area contributed by atoms with Crippen molar-refractivity contribution in [2.75, 3.05) is 13.7 Å². The van der Waals surface area contributed by atoms with E-state index >= 15 is 0 Å². The van der Waals surface area contributed by atoms with Gasteiger partial charge in [-0.25, -0.2) is 4.98 Å². The van der Waals surface area contributed by atoms with Gasteiger partial charge in [-0.2, -0.15) is 5.26 Å². The van der Waals surface area contributed by atoms with Gasteiger partial charge in [0, 0.05) is 18.5 Å². The smallest absolute Gasteiger partial charge is 0.262 e. The number of nitrogens with one attached hydrogen (secondary N) is 1. The van der Waals surface area contributed by atoms with Crippen molar-refractivity contribution in [1.82, 2.24) is 14.9 Å². The Morgan fingerprint density at radius 3 is 2.85 bits per heavy atom. The fourth-order valence-electron chi connectivity index (χ4n) is 4.07. The lowest BCUT2D eigenvalue weighted by molar-refractivity contribution is -0.117. The maximum Gasteiger partial charge on any atom is 0.262 e. The number of carbonyl (C=O) groups is 1. The van der Waals surface area contributed by atoms with E-state index in [1.165, 1.54) is 0 Å². The van der Waals surface area contributed by atoms with Gasteiger partial charge in [0.15, 0.2) is 10.8 Å². The summed E-state index contributed by atoms with van der Waals surface area (Å²) < 4.78 is 14.4. The van der Waals surface area contributed by atoms with E-state index in [9.17, 15) is 10.1 Å². The van der Waals surface area contributed by atoms with Crippen molar-refractivity contribution in [1.29, 1.82) is 5.26 Å². The minimum absolute atomic E-state index is 0.0394. The highest BCUT2D eigenvalue weighted by molar-refractivity contribution is 7.21. The largest absolute Gasteiger partial charge is 0.457 e. The molecule has 3 heterocycles. The van der Waals surface area contributed by atoms with Crippen molar-refractivity contribution >= 4 is 33.5 Å². The van der Waals surface area contributed by atoms with E-state index in [1.54, 1.807) is 24.5 Å². The van der Waals surface area contributed by atoms with Crippen LogP contribution in [0.5, 0.6) is 0 Å². The average molecular weight is 475 g/mol. The second-order valence-corrected chi connectivity index (χ2v) is 9.14. The Bertz CT molecular complexity index is 1370. The zero-order valence-corrected chi connectivity index (χ0v) is 20.4. The van der Waals surface area contributed by atoms with Gasteiger partial charge < -0.3 is 19.0 Å². The maximum absolute atomic E-state index is 12.7. The van der Waals surface area contributed by atoms with Crippen LogP contribution < -0.4 is 5.32 Å². The fourth-order valence-corrected chi connectivity index (χ4v) is 5.00. The summed E-state index contributed by atoms with van der Waals surface area (Å²) in [6.45, 7) is 6.80. The number of benzene rings is 1. The van der Waals surface area contributed by atoms with Crippen LogP contribution in [-0.4, -0.2) is 29.2 Å². The number of hydrogen-bond donors (Lipinski definition) is 1. The minimum Gasteiger partial charge on any atom is -0.457 e. The number of fused-ring (bicyclic) bond motifs is 1. The van der Waals surface area contributed by atoms with Crippen LogP contribution in [-0.2, 0) is 16.1 Å². The second kappa shape index (κ2) is 10.1. The predicted octanol–water partition coefficient (Wildman–Crippen LogP) is 5.41. The van der Waals surface area contributed by atoms with E-state index in [-0.39, 0.29) is 18.2 Å². The van der Waals surface area contributed by atoms with Gasteiger partial charge in [-0.05, 0) is 62.7 Å². The Balaban J connectivity index is 1.46. The summed E-state index contributed by atoms with van der Waals surface area (Å²) >= 11 is 1.55. The topological polar surface area (TPSA) is 93.1 Å². The first-order valence-electron chi connectivity index (χ1n) is 10.9. The van der Waals surface area contributed by atoms with Crippen molar-refractivity contribution in [3.63, 3.8) is 0 Å². The SMILES string of the molecule is COCC(C)n1c(C)cc(/C=C(/C#N)C(=O)NCc2ccc(-c3nc4ccccc4s3)o2)c1C. The van der Waals surface area contributed by atoms with Crippen molar-refractivity contribution in [3.8, 4) is 16.8 Å². The molecule has 0 fully saturated rings. The fraction of sp³-hybridized carbons (Fsp3) is 0.269. The molecule has 1 unspecified atom stereocenters. The molecule has 0 saturated carbocycles. The number of aromatic nitrogens is 2. The van der Waals surface area contributed by atoms with Gasteiger partial charge >= 0.3 is 0 Å². The highest BCUT2D eigenvalue weighted by Gasteiger charge is 2.16. The normalized spacial score (nSPS) is 12.6. The summed E-state index contributed by atoms with van der Waals surface area (Å²) in [5.74, 6) is 0.792. The predicted molar refractivity (Wildman–Crippen MR) is 133 cm³/mol. The molecule has 0 aliphatic heterocycles. The molecule has 4 rings (SSSR count). The quantitative estimate of drug-likeness (QED) is 0.272. The van der Waals surface area contributed by atoms with E-state index in [2.05, 4.69) is 21.8 Å². The molecular weight excluding hydrogens is 448 g/mol.